The number of aromatic nitrogens is 2. The van der Waals surface area contributed by atoms with Crippen molar-refractivity contribution in [2.45, 2.75) is 25.8 Å². The first-order chi connectivity index (χ1) is 12.6. The lowest BCUT2D eigenvalue weighted by Crippen LogP contribution is -2.08. The Kier molecular flexibility index (Phi) is 6.60. The van der Waals surface area contributed by atoms with E-state index in [0.29, 0.717) is 16.6 Å². The third-order valence-electron chi connectivity index (χ3n) is 4.33. The fourth-order valence-corrected chi connectivity index (χ4v) is 3.71. The van der Waals surface area contributed by atoms with Crippen LogP contribution in [0.2, 0.25) is 15.1 Å². The van der Waals surface area contributed by atoms with Crippen LogP contribution in [-0.2, 0) is 19.4 Å². The van der Waals surface area contributed by atoms with Gasteiger partial charge in [0, 0.05) is 27.8 Å². The van der Waals surface area contributed by atoms with Crippen molar-refractivity contribution >= 4 is 34.8 Å². The van der Waals surface area contributed by atoms with Gasteiger partial charge in [-0.3, -0.25) is 0 Å². The van der Waals surface area contributed by atoms with E-state index in [4.69, 9.17) is 40.5 Å². The molecule has 0 unspecified atom stereocenters. The van der Waals surface area contributed by atoms with Gasteiger partial charge < -0.3 is 10.3 Å². The topological polar surface area (TPSA) is 43.8 Å². The highest BCUT2D eigenvalue weighted by molar-refractivity contribution is 6.36. The Balaban J connectivity index is 1.90. The number of rotatable bonds is 7. The van der Waals surface area contributed by atoms with Crippen LogP contribution in [-0.4, -0.2) is 16.1 Å². The summed E-state index contributed by atoms with van der Waals surface area (Å²) in [5.74, 6) is 0. The average Bonchev–Trinajstić information content (AvgIpc) is 3.02. The molecule has 0 amide bonds. The zero-order valence-electron chi connectivity index (χ0n) is 14.3. The van der Waals surface area contributed by atoms with Crippen LogP contribution in [0, 0.1) is 0 Å². The molecule has 0 saturated heterocycles. The summed E-state index contributed by atoms with van der Waals surface area (Å²) in [6, 6.07) is 13.4. The zero-order valence-corrected chi connectivity index (χ0v) is 16.5. The van der Waals surface area contributed by atoms with E-state index in [-0.39, 0.29) is 0 Å². The summed E-state index contributed by atoms with van der Waals surface area (Å²) in [7, 11) is 0. The van der Waals surface area contributed by atoms with Crippen LogP contribution in [0.1, 0.15) is 17.7 Å². The summed E-state index contributed by atoms with van der Waals surface area (Å²) in [4.78, 5) is 4.63. The Hall–Kier alpha value is -1.52. The second-order valence-electron chi connectivity index (χ2n) is 6.09. The van der Waals surface area contributed by atoms with Gasteiger partial charge in [-0.15, -0.1) is 0 Å². The summed E-state index contributed by atoms with van der Waals surface area (Å²) in [6.45, 7) is 1.42. The van der Waals surface area contributed by atoms with Crippen molar-refractivity contribution in [3.05, 3.63) is 75.1 Å². The van der Waals surface area contributed by atoms with E-state index in [9.17, 15) is 0 Å². The van der Waals surface area contributed by atoms with Crippen molar-refractivity contribution in [1.82, 2.24) is 9.55 Å². The SMILES string of the molecule is NCCCc1c(-c2ccc(Cl)cc2Cl)ncn1CCc1ccccc1Cl. The van der Waals surface area contributed by atoms with Gasteiger partial charge in [0.2, 0.25) is 0 Å². The number of nitrogens with two attached hydrogens (primary N) is 1. The molecule has 136 valence electrons. The first-order valence-electron chi connectivity index (χ1n) is 8.53. The molecule has 0 aliphatic carbocycles. The van der Waals surface area contributed by atoms with Gasteiger partial charge in [0.25, 0.3) is 0 Å². The fourth-order valence-electron chi connectivity index (χ4n) is 2.98. The van der Waals surface area contributed by atoms with Crippen LogP contribution >= 0.6 is 34.8 Å². The standard InChI is InChI=1S/C20H20Cl3N3/c21-15-7-8-16(18(23)12-15)20-19(6-3-10-24)26(13-25-20)11-9-14-4-1-2-5-17(14)22/h1-2,4-5,7-8,12-13H,3,6,9-11,24H2. The van der Waals surface area contributed by atoms with Gasteiger partial charge in [-0.1, -0.05) is 53.0 Å². The first kappa shape index (κ1) is 19.2. The highest BCUT2D eigenvalue weighted by atomic mass is 35.5. The molecule has 1 aromatic heterocycles. The third-order valence-corrected chi connectivity index (χ3v) is 5.25. The molecule has 6 heteroatoms. The molecule has 3 rings (SSSR count). The van der Waals surface area contributed by atoms with Crippen LogP contribution in [0.4, 0.5) is 0 Å². The van der Waals surface area contributed by atoms with E-state index in [2.05, 4.69) is 15.6 Å². The minimum Gasteiger partial charge on any atom is -0.334 e. The Morgan fingerprint density at radius 2 is 1.77 bits per heavy atom. The minimum absolute atomic E-state index is 0.600. The summed E-state index contributed by atoms with van der Waals surface area (Å²) in [6.07, 6.45) is 4.42. The van der Waals surface area contributed by atoms with Gasteiger partial charge in [-0.2, -0.15) is 0 Å². The van der Waals surface area contributed by atoms with E-state index in [1.807, 2.05) is 36.7 Å². The maximum absolute atomic E-state index is 6.40. The predicted octanol–water partition coefficient (Wildman–Crippen LogP) is 5.64. The molecule has 3 aromatic rings. The van der Waals surface area contributed by atoms with Gasteiger partial charge in [0.15, 0.2) is 0 Å². The van der Waals surface area contributed by atoms with Crippen molar-refractivity contribution in [3.63, 3.8) is 0 Å². The summed E-state index contributed by atoms with van der Waals surface area (Å²) < 4.78 is 2.17. The quantitative estimate of drug-likeness (QED) is 0.549. The molecule has 1 heterocycles. The van der Waals surface area contributed by atoms with Crippen molar-refractivity contribution in [1.29, 1.82) is 0 Å². The molecule has 0 aliphatic rings. The molecule has 0 radical (unpaired) electrons. The number of nitrogens with zero attached hydrogens (tertiary/aromatic N) is 2. The molecule has 0 aliphatic heterocycles. The molecular weight excluding hydrogens is 389 g/mol. The lowest BCUT2D eigenvalue weighted by molar-refractivity contribution is 0.647. The van der Waals surface area contributed by atoms with Gasteiger partial charge >= 0.3 is 0 Å². The van der Waals surface area contributed by atoms with Crippen molar-refractivity contribution in [3.8, 4) is 11.3 Å². The summed E-state index contributed by atoms with van der Waals surface area (Å²) in [5, 5.41) is 2.00. The largest absolute Gasteiger partial charge is 0.334 e. The third kappa shape index (κ3) is 4.41. The van der Waals surface area contributed by atoms with Gasteiger partial charge in [0.1, 0.15) is 0 Å². The maximum Gasteiger partial charge on any atom is 0.0956 e. The molecule has 0 saturated carbocycles. The molecule has 0 bridgehead atoms. The van der Waals surface area contributed by atoms with Crippen molar-refractivity contribution in [2.75, 3.05) is 6.54 Å². The van der Waals surface area contributed by atoms with Crippen molar-refractivity contribution < 1.29 is 0 Å². The number of hydrogen-bond donors (Lipinski definition) is 1. The van der Waals surface area contributed by atoms with E-state index < -0.39 is 0 Å². The lowest BCUT2D eigenvalue weighted by Gasteiger charge is -2.12. The summed E-state index contributed by atoms with van der Waals surface area (Å²) >= 11 is 18.7. The normalized spacial score (nSPS) is 11.1. The number of hydrogen-bond acceptors (Lipinski definition) is 2. The average molecular weight is 409 g/mol. The van der Waals surface area contributed by atoms with Crippen LogP contribution < -0.4 is 5.73 Å². The van der Waals surface area contributed by atoms with Gasteiger partial charge in [0.05, 0.1) is 17.0 Å². The molecule has 26 heavy (non-hydrogen) atoms. The minimum atomic E-state index is 0.600. The van der Waals surface area contributed by atoms with Crippen LogP contribution in [0.15, 0.2) is 48.8 Å². The van der Waals surface area contributed by atoms with E-state index in [1.165, 1.54) is 0 Å². The van der Waals surface area contributed by atoms with Crippen LogP contribution in [0.3, 0.4) is 0 Å². The van der Waals surface area contributed by atoms with E-state index in [1.54, 1.807) is 6.07 Å². The second-order valence-corrected chi connectivity index (χ2v) is 7.34. The number of aryl methyl sites for hydroxylation is 2. The fraction of sp³-hybridized carbons (Fsp3) is 0.250. The molecule has 2 N–H and O–H groups in total. The van der Waals surface area contributed by atoms with Gasteiger partial charge in [-0.05, 0) is 55.6 Å². The van der Waals surface area contributed by atoms with Gasteiger partial charge in [-0.25, -0.2) is 4.98 Å². The van der Waals surface area contributed by atoms with Crippen LogP contribution in [0.5, 0.6) is 0 Å². The Morgan fingerprint density at radius 3 is 2.50 bits per heavy atom. The smallest absolute Gasteiger partial charge is 0.0956 e. The molecule has 0 spiro atoms. The number of imidazole rings is 1. The highest BCUT2D eigenvalue weighted by Crippen LogP contribution is 2.32. The Bertz CT molecular complexity index is 890. The zero-order chi connectivity index (χ0) is 18.5. The Morgan fingerprint density at radius 1 is 0.962 bits per heavy atom. The van der Waals surface area contributed by atoms with E-state index in [0.717, 1.165) is 53.3 Å². The molecule has 2 aromatic carbocycles. The molecule has 0 fully saturated rings. The second kappa shape index (κ2) is 8.92. The van der Waals surface area contributed by atoms with Crippen LogP contribution in [0.25, 0.3) is 11.3 Å². The van der Waals surface area contributed by atoms with E-state index >= 15 is 0 Å². The molecular formula is C20H20Cl3N3. The highest BCUT2D eigenvalue weighted by Gasteiger charge is 2.15. The summed E-state index contributed by atoms with van der Waals surface area (Å²) in [5.41, 5.74) is 9.76. The monoisotopic (exact) mass is 407 g/mol. The predicted molar refractivity (Wildman–Crippen MR) is 110 cm³/mol. The lowest BCUT2D eigenvalue weighted by atomic mass is 10.1. The molecule has 3 nitrogen and oxygen atoms in total. The number of halogens is 3. The maximum atomic E-state index is 6.40. The Labute approximate surface area is 168 Å². The molecule has 0 atom stereocenters. The van der Waals surface area contributed by atoms with Crippen molar-refractivity contribution in [2.24, 2.45) is 5.73 Å². The first-order valence-corrected chi connectivity index (χ1v) is 9.66. The number of benzene rings is 2.